The van der Waals surface area contributed by atoms with Crippen molar-refractivity contribution in [2.24, 2.45) is 0 Å². The van der Waals surface area contributed by atoms with E-state index in [2.05, 4.69) is 39.2 Å². The minimum absolute atomic E-state index is 0.551. The predicted octanol–water partition coefficient (Wildman–Crippen LogP) is 3.45. The summed E-state index contributed by atoms with van der Waals surface area (Å²) in [5.41, 5.74) is 0.930. The summed E-state index contributed by atoms with van der Waals surface area (Å²) >= 11 is 0. The summed E-state index contributed by atoms with van der Waals surface area (Å²) in [5.74, 6) is 2.88. The molecule has 114 valence electrons. The van der Waals surface area contributed by atoms with Crippen molar-refractivity contribution in [3.63, 3.8) is 0 Å². The maximum atomic E-state index is 5.04. The number of nitrogens with one attached hydrogen (secondary N) is 1. The van der Waals surface area contributed by atoms with Gasteiger partial charge in [0.2, 0.25) is 5.95 Å². The maximum absolute atomic E-state index is 5.04. The van der Waals surface area contributed by atoms with Crippen molar-refractivity contribution in [1.29, 1.82) is 0 Å². The van der Waals surface area contributed by atoms with Gasteiger partial charge in [-0.25, -0.2) is 4.98 Å². The summed E-state index contributed by atoms with van der Waals surface area (Å²) in [4.78, 5) is 11.3. The van der Waals surface area contributed by atoms with Crippen LogP contribution in [0.2, 0.25) is 0 Å². The van der Waals surface area contributed by atoms with E-state index in [0.29, 0.717) is 11.8 Å². The number of aryl methyl sites for hydroxylation is 2. The Kier molecular flexibility index (Phi) is 5.14. The quantitative estimate of drug-likeness (QED) is 0.842. The largest absolute Gasteiger partial charge is 0.360 e. The Morgan fingerprint density at radius 2 is 1.81 bits per heavy atom. The molecule has 0 amide bonds. The van der Waals surface area contributed by atoms with Crippen LogP contribution < -0.4 is 10.2 Å². The molecule has 2 aromatic rings. The first-order valence-electron chi connectivity index (χ1n) is 7.43. The van der Waals surface area contributed by atoms with Crippen LogP contribution in [0.3, 0.4) is 0 Å². The molecule has 2 aromatic heterocycles. The minimum atomic E-state index is 0.551. The molecule has 6 heteroatoms. The van der Waals surface area contributed by atoms with E-state index in [9.17, 15) is 0 Å². The SMILES string of the molecule is CCCN(CCC)c1cc(C)nc(Nc2cc(C)on2)n1. The molecule has 6 nitrogen and oxygen atoms in total. The average Bonchev–Trinajstić information content (AvgIpc) is 2.83. The topological polar surface area (TPSA) is 67.1 Å². The standard InChI is InChI=1S/C15H23N5O/c1-5-7-20(8-6-2)14-9-11(3)16-15(18-14)17-13-10-12(4)21-19-13/h9-10H,5-8H2,1-4H3,(H,16,17,18,19). The first kappa shape index (κ1) is 15.3. The molecular formula is C15H23N5O. The zero-order valence-corrected chi connectivity index (χ0v) is 13.2. The summed E-state index contributed by atoms with van der Waals surface area (Å²) in [5, 5.41) is 7.00. The van der Waals surface area contributed by atoms with Crippen LogP contribution in [0.4, 0.5) is 17.6 Å². The minimum Gasteiger partial charge on any atom is -0.360 e. The van der Waals surface area contributed by atoms with E-state index in [0.717, 1.165) is 43.2 Å². The number of hydrogen-bond acceptors (Lipinski definition) is 6. The normalized spacial score (nSPS) is 10.7. The van der Waals surface area contributed by atoms with Crippen molar-refractivity contribution in [1.82, 2.24) is 15.1 Å². The zero-order valence-electron chi connectivity index (χ0n) is 13.2. The number of rotatable bonds is 7. The third-order valence-corrected chi connectivity index (χ3v) is 3.02. The first-order valence-corrected chi connectivity index (χ1v) is 7.43. The van der Waals surface area contributed by atoms with Gasteiger partial charge in [0.1, 0.15) is 11.6 Å². The van der Waals surface area contributed by atoms with Gasteiger partial charge in [-0.3, -0.25) is 0 Å². The van der Waals surface area contributed by atoms with Gasteiger partial charge in [-0.2, -0.15) is 4.98 Å². The van der Waals surface area contributed by atoms with Gasteiger partial charge in [0, 0.05) is 30.9 Å². The lowest BCUT2D eigenvalue weighted by molar-refractivity contribution is 0.400. The number of nitrogens with zero attached hydrogens (tertiary/aromatic N) is 4. The fourth-order valence-corrected chi connectivity index (χ4v) is 2.19. The molecule has 2 heterocycles. The molecule has 0 aliphatic rings. The second-order valence-electron chi connectivity index (χ2n) is 5.13. The zero-order chi connectivity index (χ0) is 15.2. The lowest BCUT2D eigenvalue weighted by atomic mass is 10.3. The van der Waals surface area contributed by atoms with E-state index in [1.54, 1.807) is 0 Å². The average molecular weight is 289 g/mol. The molecule has 0 saturated heterocycles. The Bertz CT molecular complexity index is 575. The van der Waals surface area contributed by atoms with Gasteiger partial charge >= 0.3 is 0 Å². The molecule has 0 radical (unpaired) electrons. The van der Waals surface area contributed by atoms with E-state index in [-0.39, 0.29) is 0 Å². The van der Waals surface area contributed by atoms with Gasteiger partial charge in [0.25, 0.3) is 0 Å². The Labute approximate surface area is 125 Å². The highest BCUT2D eigenvalue weighted by Gasteiger charge is 2.10. The highest BCUT2D eigenvalue weighted by molar-refractivity contribution is 5.51. The van der Waals surface area contributed by atoms with E-state index < -0.39 is 0 Å². The van der Waals surface area contributed by atoms with Crippen molar-refractivity contribution >= 4 is 17.6 Å². The molecule has 0 bridgehead atoms. The molecule has 0 aliphatic heterocycles. The van der Waals surface area contributed by atoms with Gasteiger partial charge < -0.3 is 14.7 Å². The van der Waals surface area contributed by atoms with Gasteiger partial charge in [-0.05, 0) is 26.7 Å². The molecule has 0 aliphatic carbocycles. The monoisotopic (exact) mass is 289 g/mol. The third-order valence-electron chi connectivity index (χ3n) is 3.02. The van der Waals surface area contributed by atoms with Crippen LogP contribution in [0.15, 0.2) is 16.7 Å². The Hall–Kier alpha value is -2.11. The Morgan fingerprint density at radius 3 is 2.38 bits per heavy atom. The van der Waals surface area contributed by atoms with Gasteiger partial charge in [-0.1, -0.05) is 19.0 Å². The summed E-state index contributed by atoms with van der Waals surface area (Å²) in [6, 6.07) is 3.84. The van der Waals surface area contributed by atoms with E-state index in [4.69, 9.17) is 4.52 Å². The summed E-state index contributed by atoms with van der Waals surface area (Å²) < 4.78 is 5.04. The fourth-order valence-electron chi connectivity index (χ4n) is 2.19. The summed E-state index contributed by atoms with van der Waals surface area (Å²) in [6.45, 7) is 10.2. The van der Waals surface area contributed by atoms with Crippen molar-refractivity contribution in [2.45, 2.75) is 40.5 Å². The molecule has 0 atom stereocenters. The Morgan fingerprint density at radius 1 is 1.10 bits per heavy atom. The van der Waals surface area contributed by atoms with Crippen LogP contribution in [-0.4, -0.2) is 28.2 Å². The second kappa shape index (κ2) is 7.06. The number of anilines is 3. The van der Waals surface area contributed by atoms with Crippen LogP contribution in [0.5, 0.6) is 0 Å². The lowest BCUT2D eigenvalue weighted by Gasteiger charge is -2.23. The van der Waals surface area contributed by atoms with Crippen LogP contribution in [0.1, 0.15) is 38.1 Å². The first-order chi connectivity index (χ1) is 10.1. The van der Waals surface area contributed by atoms with Gasteiger partial charge in [0.05, 0.1) is 0 Å². The molecule has 0 unspecified atom stereocenters. The van der Waals surface area contributed by atoms with Crippen molar-refractivity contribution in [3.8, 4) is 0 Å². The highest BCUT2D eigenvalue weighted by Crippen LogP contribution is 2.18. The molecule has 0 aromatic carbocycles. The van der Waals surface area contributed by atoms with Crippen LogP contribution in [0.25, 0.3) is 0 Å². The lowest BCUT2D eigenvalue weighted by Crippen LogP contribution is -2.26. The second-order valence-corrected chi connectivity index (χ2v) is 5.13. The number of aromatic nitrogens is 3. The van der Waals surface area contributed by atoms with Gasteiger partial charge in [0.15, 0.2) is 5.82 Å². The molecule has 21 heavy (non-hydrogen) atoms. The Balaban J connectivity index is 2.22. The van der Waals surface area contributed by atoms with Crippen molar-refractivity contribution in [2.75, 3.05) is 23.3 Å². The molecule has 2 rings (SSSR count). The van der Waals surface area contributed by atoms with E-state index in [1.165, 1.54) is 0 Å². The summed E-state index contributed by atoms with van der Waals surface area (Å²) in [6.07, 6.45) is 2.18. The van der Waals surface area contributed by atoms with Crippen molar-refractivity contribution in [3.05, 3.63) is 23.6 Å². The predicted molar refractivity (Wildman–Crippen MR) is 84.1 cm³/mol. The molecule has 0 fully saturated rings. The maximum Gasteiger partial charge on any atom is 0.230 e. The molecule has 0 spiro atoms. The van der Waals surface area contributed by atoms with Crippen LogP contribution in [-0.2, 0) is 0 Å². The molecular weight excluding hydrogens is 266 g/mol. The molecule has 0 saturated carbocycles. The summed E-state index contributed by atoms with van der Waals surface area (Å²) in [7, 11) is 0. The van der Waals surface area contributed by atoms with E-state index >= 15 is 0 Å². The highest BCUT2D eigenvalue weighted by atomic mass is 16.5. The third kappa shape index (κ3) is 4.18. The fraction of sp³-hybridized carbons (Fsp3) is 0.533. The van der Waals surface area contributed by atoms with E-state index in [1.807, 2.05) is 26.0 Å². The number of hydrogen-bond donors (Lipinski definition) is 1. The molecule has 1 N–H and O–H groups in total. The van der Waals surface area contributed by atoms with Crippen LogP contribution >= 0.6 is 0 Å². The van der Waals surface area contributed by atoms with Gasteiger partial charge in [-0.15, -0.1) is 0 Å². The smallest absolute Gasteiger partial charge is 0.230 e. The van der Waals surface area contributed by atoms with Crippen molar-refractivity contribution < 1.29 is 4.52 Å². The van der Waals surface area contributed by atoms with Crippen LogP contribution in [0, 0.1) is 13.8 Å².